The van der Waals surface area contributed by atoms with Gasteiger partial charge in [-0.3, -0.25) is 0 Å². The molecule has 0 saturated carbocycles. The summed E-state index contributed by atoms with van der Waals surface area (Å²) in [4.78, 5) is 0. The van der Waals surface area contributed by atoms with Crippen LogP contribution in [0.15, 0.2) is 0 Å². The molecule has 0 bridgehead atoms. The molecule has 0 aromatic rings. The summed E-state index contributed by atoms with van der Waals surface area (Å²) in [7, 11) is 0. The third-order valence-electron chi connectivity index (χ3n) is 3.00. The first-order chi connectivity index (χ1) is 12.7. The molecule has 26 heavy (non-hydrogen) atoms. The van der Waals surface area contributed by atoms with Gasteiger partial charge in [-0.2, -0.15) is 0 Å². The van der Waals surface area contributed by atoms with Crippen molar-refractivity contribution >= 4 is 0 Å². The number of rotatable bonds is 14. The highest BCUT2D eigenvalue weighted by Gasteiger charge is 2.32. The van der Waals surface area contributed by atoms with E-state index in [1.807, 2.05) is 0 Å². The van der Waals surface area contributed by atoms with E-state index in [1.54, 1.807) is 0 Å². The first-order valence-corrected chi connectivity index (χ1v) is 8.50. The minimum Gasteiger partial charge on any atom is -0.447 e. The third kappa shape index (κ3) is 12.8. The number of hydrogen-bond acceptors (Lipinski definition) is 4. The fourth-order valence-electron chi connectivity index (χ4n) is 1.74. The van der Waals surface area contributed by atoms with Gasteiger partial charge in [0.05, 0.1) is 19.6 Å². The zero-order valence-electron chi connectivity index (χ0n) is 15.2. The zero-order valence-corrected chi connectivity index (χ0v) is 15.2. The topological polar surface area (TPSA) is 36.9 Å². The lowest BCUT2D eigenvalue weighted by atomic mass is 10.2. The van der Waals surface area contributed by atoms with Gasteiger partial charge in [0.25, 0.3) is 5.97 Å². The van der Waals surface area contributed by atoms with E-state index >= 15 is 0 Å². The van der Waals surface area contributed by atoms with E-state index in [0.29, 0.717) is 32.5 Å². The molecule has 0 aliphatic carbocycles. The highest BCUT2D eigenvalue weighted by atomic mass is 16.9. The van der Waals surface area contributed by atoms with Gasteiger partial charge in [0.1, 0.15) is 19.3 Å². The molecule has 0 aromatic heterocycles. The first-order valence-electron chi connectivity index (χ1n) is 8.50. The van der Waals surface area contributed by atoms with Crippen molar-refractivity contribution in [2.75, 3.05) is 26.4 Å². The Hall–Kier alpha value is -2.52. The van der Waals surface area contributed by atoms with Crippen LogP contribution in [0.1, 0.15) is 44.9 Å². The van der Waals surface area contributed by atoms with Crippen molar-refractivity contribution in [2.24, 2.45) is 0 Å². The van der Waals surface area contributed by atoms with E-state index in [-0.39, 0.29) is 19.6 Å². The van der Waals surface area contributed by atoms with Crippen LogP contribution in [0.4, 0.5) is 0 Å². The Morgan fingerprint density at radius 1 is 0.654 bits per heavy atom. The lowest BCUT2D eigenvalue weighted by Crippen LogP contribution is -2.40. The van der Waals surface area contributed by atoms with E-state index in [9.17, 15) is 0 Å². The Bertz CT molecular complexity index is 585. The van der Waals surface area contributed by atoms with Crippen LogP contribution >= 0.6 is 0 Å². The SMILES string of the molecule is C#CCCCCOC(CC#COCCCC#C)(OCC#C)OCCC#C. The summed E-state index contributed by atoms with van der Waals surface area (Å²) in [6.07, 6.45) is 27.8. The van der Waals surface area contributed by atoms with E-state index in [1.165, 1.54) is 0 Å². The zero-order chi connectivity index (χ0) is 19.3. The number of ether oxygens (including phenoxy) is 4. The number of unbranched alkanes of at least 4 members (excludes halogenated alkanes) is 3. The second-order valence-electron chi connectivity index (χ2n) is 5.10. The molecule has 0 N–H and O–H groups in total. The van der Waals surface area contributed by atoms with Crippen molar-refractivity contribution in [1.82, 2.24) is 0 Å². The van der Waals surface area contributed by atoms with Crippen molar-refractivity contribution in [3.8, 4) is 61.4 Å². The highest BCUT2D eigenvalue weighted by molar-refractivity contribution is 4.96. The largest absolute Gasteiger partial charge is 0.447 e. The minimum absolute atomic E-state index is 0.0190. The molecule has 138 valence electrons. The fraction of sp³-hybridized carbons (Fsp3) is 0.545. The maximum atomic E-state index is 5.81. The maximum absolute atomic E-state index is 5.81. The number of hydrogen-bond donors (Lipinski definition) is 0. The summed E-state index contributed by atoms with van der Waals surface area (Å²) in [5, 5.41) is 0. The van der Waals surface area contributed by atoms with Crippen molar-refractivity contribution < 1.29 is 18.9 Å². The number of terminal acetylenes is 4. The van der Waals surface area contributed by atoms with Crippen molar-refractivity contribution in [1.29, 1.82) is 0 Å². The molecular formula is C22H26O4. The normalized spacial score (nSPS) is 11.5. The van der Waals surface area contributed by atoms with Crippen LogP contribution in [0.5, 0.6) is 0 Å². The van der Waals surface area contributed by atoms with Crippen LogP contribution < -0.4 is 0 Å². The smallest absolute Gasteiger partial charge is 0.295 e. The van der Waals surface area contributed by atoms with Crippen molar-refractivity contribution in [3.63, 3.8) is 0 Å². The summed E-state index contributed by atoms with van der Waals surface area (Å²) in [6, 6.07) is 0. The average Bonchev–Trinajstić information content (AvgIpc) is 2.65. The third-order valence-corrected chi connectivity index (χ3v) is 3.00. The lowest BCUT2D eigenvalue weighted by Gasteiger charge is -2.31. The molecule has 0 heterocycles. The molecule has 0 aliphatic heterocycles. The fourth-order valence-corrected chi connectivity index (χ4v) is 1.74. The quantitative estimate of drug-likeness (QED) is 0.273. The molecule has 4 nitrogen and oxygen atoms in total. The molecule has 1 atom stereocenters. The lowest BCUT2D eigenvalue weighted by molar-refractivity contribution is -0.373. The van der Waals surface area contributed by atoms with Crippen LogP contribution in [0.3, 0.4) is 0 Å². The Morgan fingerprint density at radius 3 is 2.04 bits per heavy atom. The minimum atomic E-state index is -1.38. The molecule has 4 heteroatoms. The van der Waals surface area contributed by atoms with Crippen LogP contribution in [-0.2, 0) is 18.9 Å². The second-order valence-corrected chi connectivity index (χ2v) is 5.10. The first kappa shape index (κ1) is 23.5. The maximum Gasteiger partial charge on any atom is 0.295 e. The van der Waals surface area contributed by atoms with Gasteiger partial charge < -0.3 is 18.9 Å². The van der Waals surface area contributed by atoms with Crippen LogP contribution in [0.25, 0.3) is 0 Å². The molecular weight excluding hydrogens is 328 g/mol. The summed E-state index contributed by atoms with van der Waals surface area (Å²) in [5.41, 5.74) is 0. The molecule has 0 fully saturated rings. The van der Waals surface area contributed by atoms with Gasteiger partial charge in [-0.05, 0) is 19.3 Å². The Balaban J connectivity index is 4.75. The van der Waals surface area contributed by atoms with Crippen LogP contribution in [0, 0.1) is 61.4 Å². The summed E-state index contributed by atoms with van der Waals surface area (Å²) in [6.45, 7) is 1.13. The van der Waals surface area contributed by atoms with Gasteiger partial charge in [0.15, 0.2) is 0 Å². The van der Waals surface area contributed by atoms with E-state index in [0.717, 1.165) is 19.3 Å². The van der Waals surface area contributed by atoms with E-state index in [2.05, 4.69) is 35.7 Å². The van der Waals surface area contributed by atoms with Gasteiger partial charge in [0, 0.05) is 19.3 Å². The summed E-state index contributed by atoms with van der Waals surface area (Å²) in [5.74, 6) is 11.5. The van der Waals surface area contributed by atoms with Gasteiger partial charge in [-0.15, -0.1) is 43.5 Å². The predicted molar refractivity (Wildman–Crippen MR) is 102 cm³/mol. The van der Waals surface area contributed by atoms with Crippen molar-refractivity contribution in [3.05, 3.63) is 0 Å². The summed E-state index contributed by atoms with van der Waals surface area (Å²) < 4.78 is 22.3. The Kier molecular flexibility index (Phi) is 15.6. The predicted octanol–water partition coefficient (Wildman–Crippen LogP) is 2.93. The molecule has 0 spiro atoms. The van der Waals surface area contributed by atoms with Gasteiger partial charge in [-0.1, -0.05) is 11.8 Å². The second kappa shape index (κ2) is 17.3. The molecule has 0 radical (unpaired) electrons. The Morgan fingerprint density at radius 2 is 1.35 bits per heavy atom. The average molecular weight is 354 g/mol. The molecule has 0 aromatic carbocycles. The molecule has 0 aliphatic rings. The molecule has 0 rings (SSSR count). The standard InChI is InChI=1S/C22H26O4/c1-5-9-12-14-21-26-22(24-17-8-4,25-20-11-7-3)16-15-19-23-18-13-10-6-2/h1-4H,9-14,16-18,20-21H2. The molecule has 0 amide bonds. The van der Waals surface area contributed by atoms with Gasteiger partial charge in [0.2, 0.25) is 0 Å². The molecule has 1 unspecified atom stereocenters. The Labute approximate surface area is 158 Å². The summed E-state index contributed by atoms with van der Waals surface area (Å²) >= 11 is 0. The monoisotopic (exact) mass is 354 g/mol. The van der Waals surface area contributed by atoms with Gasteiger partial charge >= 0.3 is 0 Å². The van der Waals surface area contributed by atoms with E-state index < -0.39 is 5.97 Å². The van der Waals surface area contributed by atoms with E-state index in [4.69, 9.17) is 44.6 Å². The highest BCUT2D eigenvalue weighted by Crippen LogP contribution is 2.21. The van der Waals surface area contributed by atoms with Crippen LogP contribution in [0.2, 0.25) is 0 Å². The van der Waals surface area contributed by atoms with Gasteiger partial charge in [-0.25, -0.2) is 0 Å². The molecule has 0 saturated heterocycles. The van der Waals surface area contributed by atoms with Crippen molar-refractivity contribution in [2.45, 2.75) is 50.9 Å². The van der Waals surface area contributed by atoms with Crippen LogP contribution in [-0.4, -0.2) is 32.4 Å².